The molecule has 0 atom stereocenters. The minimum atomic E-state index is -0.622. The fourth-order valence-electron chi connectivity index (χ4n) is 2.85. The van der Waals surface area contributed by atoms with Crippen molar-refractivity contribution in [3.8, 4) is 11.4 Å². The minimum absolute atomic E-state index is 0.0752. The van der Waals surface area contributed by atoms with Crippen LogP contribution in [0.15, 0.2) is 53.1 Å². The van der Waals surface area contributed by atoms with Crippen LogP contribution in [0.25, 0.3) is 11.4 Å². The molecule has 1 aliphatic heterocycles. The molecule has 0 saturated heterocycles. The number of nitrogens with zero attached hydrogens (tertiary/aromatic N) is 3. The number of carbonyl (C=O) groups excluding carboxylic acids is 3. The maximum atomic E-state index is 13.0. The molecular formula is C20H14FN3O5. The third-order valence-corrected chi connectivity index (χ3v) is 4.35. The van der Waals surface area contributed by atoms with E-state index < -0.39 is 24.5 Å². The summed E-state index contributed by atoms with van der Waals surface area (Å²) >= 11 is 0. The second-order valence-corrected chi connectivity index (χ2v) is 6.25. The van der Waals surface area contributed by atoms with Crippen molar-refractivity contribution in [1.29, 1.82) is 0 Å². The standard InChI is InChI=1S/C20H14FN3O5/c21-13-7-5-12(6-8-13)18-22-16(29-23-18)9-10-17(25)28-11-24-19(26)14-3-1-2-4-15(14)20(24)27/h1-8H,9-11H2. The van der Waals surface area contributed by atoms with Crippen molar-refractivity contribution in [1.82, 2.24) is 15.0 Å². The molecule has 2 aromatic carbocycles. The highest BCUT2D eigenvalue weighted by Crippen LogP contribution is 2.22. The Balaban J connectivity index is 1.30. The van der Waals surface area contributed by atoms with E-state index in [-0.39, 0.29) is 41.5 Å². The summed E-state index contributed by atoms with van der Waals surface area (Å²) in [6.07, 6.45) is 0.0450. The van der Waals surface area contributed by atoms with Gasteiger partial charge in [0.25, 0.3) is 11.8 Å². The number of fused-ring (bicyclic) bond motifs is 1. The Kier molecular flexibility index (Phi) is 4.86. The molecule has 0 saturated carbocycles. The Morgan fingerprint density at radius 1 is 1.03 bits per heavy atom. The van der Waals surface area contributed by atoms with Gasteiger partial charge in [0.05, 0.1) is 17.5 Å². The van der Waals surface area contributed by atoms with Crippen LogP contribution in [0.2, 0.25) is 0 Å². The van der Waals surface area contributed by atoms with Crippen molar-refractivity contribution in [2.75, 3.05) is 6.73 Å². The molecule has 3 aromatic rings. The summed E-state index contributed by atoms with van der Waals surface area (Å²) in [6, 6.07) is 12.0. The van der Waals surface area contributed by atoms with Crippen molar-refractivity contribution in [2.24, 2.45) is 0 Å². The number of aryl methyl sites for hydroxylation is 1. The van der Waals surface area contributed by atoms with E-state index in [4.69, 9.17) is 9.26 Å². The molecule has 0 N–H and O–H groups in total. The maximum Gasteiger partial charge on any atom is 0.308 e. The molecule has 0 bridgehead atoms. The zero-order valence-corrected chi connectivity index (χ0v) is 15.0. The molecule has 2 amide bonds. The van der Waals surface area contributed by atoms with Crippen molar-refractivity contribution < 1.29 is 28.0 Å². The summed E-state index contributed by atoms with van der Waals surface area (Å²) in [7, 11) is 0. The smallest absolute Gasteiger partial charge is 0.308 e. The molecule has 0 spiro atoms. The van der Waals surface area contributed by atoms with Gasteiger partial charge in [-0.25, -0.2) is 9.29 Å². The Morgan fingerprint density at radius 2 is 1.69 bits per heavy atom. The lowest BCUT2D eigenvalue weighted by Gasteiger charge is -2.13. The molecular weight excluding hydrogens is 381 g/mol. The van der Waals surface area contributed by atoms with E-state index in [1.807, 2.05) is 0 Å². The monoisotopic (exact) mass is 395 g/mol. The number of rotatable bonds is 6. The summed E-state index contributed by atoms with van der Waals surface area (Å²) in [5, 5.41) is 3.79. The van der Waals surface area contributed by atoms with Crippen molar-refractivity contribution in [3.05, 3.63) is 71.4 Å². The van der Waals surface area contributed by atoms with Gasteiger partial charge in [-0.2, -0.15) is 4.98 Å². The number of hydrogen-bond donors (Lipinski definition) is 0. The Hall–Kier alpha value is -3.88. The second kappa shape index (κ2) is 7.63. The molecule has 1 aliphatic rings. The number of halogens is 1. The topological polar surface area (TPSA) is 103 Å². The van der Waals surface area contributed by atoms with Gasteiger partial charge in [-0.3, -0.25) is 14.4 Å². The van der Waals surface area contributed by atoms with Crippen LogP contribution < -0.4 is 0 Å². The lowest BCUT2D eigenvalue weighted by molar-refractivity contribution is -0.146. The third-order valence-electron chi connectivity index (χ3n) is 4.35. The molecule has 4 rings (SSSR count). The lowest BCUT2D eigenvalue weighted by atomic mass is 10.1. The molecule has 29 heavy (non-hydrogen) atoms. The fourth-order valence-corrected chi connectivity index (χ4v) is 2.85. The Labute approximate surface area is 163 Å². The SMILES string of the molecule is O=C(CCc1nc(-c2ccc(F)cc2)no1)OCN1C(=O)c2ccccc2C1=O. The zero-order chi connectivity index (χ0) is 20.4. The first-order valence-electron chi connectivity index (χ1n) is 8.72. The first kappa shape index (κ1) is 18.5. The first-order chi connectivity index (χ1) is 14.0. The van der Waals surface area contributed by atoms with Crippen molar-refractivity contribution in [2.45, 2.75) is 12.8 Å². The summed E-state index contributed by atoms with van der Waals surface area (Å²) < 4.78 is 23.1. The fraction of sp³-hybridized carbons (Fsp3) is 0.150. The van der Waals surface area contributed by atoms with Gasteiger partial charge in [0.2, 0.25) is 11.7 Å². The van der Waals surface area contributed by atoms with Gasteiger partial charge in [-0.15, -0.1) is 0 Å². The van der Waals surface area contributed by atoms with Crippen molar-refractivity contribution in [3.63, 3.8) is 0 Å². The van der Waals surface area contributed by atoms with Crippen molar-refractivity contribution >= 4 is 17.8 Å². The van der Waals surface area contributed by atoms with E-state index in [9.17, 15) is 18.8 Å². The number of amides is 2. The predicted octanol–water partition coefficient (Wildman–Crippen LogP) is 2.61. The largest absolute Gasteiger partial charge is 0.444 e. The molecule has 0 fully saturated rings. The van der Waals surface area contributed by atoms with Gasteiger partial charge in [-0.05, 0) is 36.4 Å². The second-order valence-electron chi connectivity index (χ2n) is 6.25. The quantitative estimate of drug-likeness (QED) is 0.467. The van der Waals surface area contributed by atoms with Gasteiger partial charge in [-0.1, -0.05) is 17.3 Å². The molecule has 9 heteroatoms. The maximum absolute atomic E-state index is 13.0. The Morgan fingerprint density at radius 3 is 2.34 bits per heavy atom. The highest BCUT2D eigenvalue weighted by atomic mass is 19.1. The van der Waals surface area contributed by atoms with E-state index in [1.54, 1.807) is 24.3 Å². The highest BCUT2D eigenvalue weighted by Gasteiger charge is 2.35. The number of benzene rings is 2. The van der Waals surface area contributed by atoms with E-state index in [1.165, 1.54) is 24.3 Å². The average Bonchev–Trinajstić information content (AvgIpc) is 3.30. The van der Waals surface area contributed by atoms with E-state index in [0.29, 0.717) is 5.56 Å². The number of imide groups is 1. The van der Waals surface area contributed by atoms with Gasteiger partial charge in [0, 0.05) is 12.0 Å². The third kappa shape index (κ3) is 3.75. The number of aromatic nitrogens is 2. The molecule has 1 aromatic heterocycles. The summed E-state index contributed by atoms with van der Waals surface area (Å²) in [5.41, 5.74) is 1.15. The number of ether oxygens (including phenoxy) is 1. The Bertz CT molecular complexity index is 1060. The summed E-state index contributed by atoms with van der Waals surface area (Å²) in [4.78, 5) is 41.4. The number of hydrogen-bond acceptors (Lipinski definition) is 7. The van der Waals surface area contributed by atoms with Crippen LogP contribution >= 0.6 is 0 Å². The van der Waals surface area contributed by atoms with Crippen LogP contribution in [-0.4, -0.2) is 39.6 Å². The van der Waals surface area contributed by atoms with Gasteiger partial charge in [0.15, 0.2) is 6.73 Å². The normalized spacial score (nSPS) is 12.9. The van der Waals surface area contributed by atoms with Gasteiger partial charge >= 0.3 is 5.97 Å². The molecule has 0 unspecified atom stereocenters. The number of esters is 1. The molecule has 0 aliphatic carbocycles. The van der Waals surface area contributed by atoms with Crippen LogP contribution in [-0.2, 0) is 16.0 Å². The number of carbonyl (C=O) groups is 3. The van der Waals surface area contributed by atoms with Gasteiger partial charge in [0.1, 0.15) is 5.82 Å². The van der Waals surface area contributed by atoms with Crippen LogP contribution in [0.5, 0.6) is 0 Å². The summed E-state index contributed by atoms with van der Waals surface area (Å²) in [5.74, 6) is -1.51. The van der Waals surface area contributed by atoms with E-state index >= 15 is 0 Å². The molecule has 8 nitrogen and oxygen atoms in total. The molecule has 0 radical (unpaired) electrons. The summed E-state index contributed by atoms with van der Waals surface area (Å²) in [6.45, 7) is -0.462. The van der Waals surface area contributed by atoms with Crippen LogP contribution in [0.3, 0.4) is 0 Å². The highest BCUT2D eigenvalue weighted by molar-refractivity contribution is 6.21. The average molecular weight is 395 g/mol. The lowest BCUT2D eigenvalue weighted by Crippen LogP contribution is -2.33. The predicted molar refractivity (Wildman–Crippen MR) is 95.9 cm³/mol. The van der Waals surface area contributed by atoms with E-state index in [0.717, 1.165) is 4.90 Å². The van der Waals surface area contributed by atoms with E-state index in [2.05, 4.69) is 10.1 Å². The van der Waals surface area contributed by atoms with Gasteiger partial charge < -0.3 is 9.26 Å². The van der Waals surface area contributed by atoms with Crippen LogP contribution in [0.4, 0.5) is 4.39 Å². The zero-order valence-electron chi connectivity index (χ0n) is 15.0. The minimum Gasteiger partial charge on any atom is -0.444 e. The first-order valence-corrected chi connectivity index (χ1v) is 8.72. The molecule has 2 heterocycles. The van der Waals surface area contributed by atoms with Crippen LogP contribution in [0, 0.1) is 5.82 Å². The molecule has 146 valence electrons. The van der Waals surface area contributed by atoms with Crippen LogP contribution in [0.1, 0.15) is 33.0 Å².